The Balaban J connectivity index is 1.62. The van der Waals surface area contributed by atoms with Gasteiger partial charge in [0.1, 0.15) is 17.6 Å². The van der Waals surface area contributed by atoms with E-state index in [0.29, 0.717) is 21.6 Å². The molecule has 1 unspecified atom stereocenters. The Morgan fingerprint density at radius 1 is 1.22 bits per heavy atom. The molecule has 1 amide bonds. The molecule has 118 valence electrons. The fourth-order valence-corrected chi connectivity index (χ4v) is 3.27. The molecule has 2 aromatic heterocycles. The monoisotopic (exact) mass is 391 g/mol. The number of aliphatic hydroxyl groups is 1. The molecule has 0 saturated carbocycles. The number of hydrogen-bond donors (Lipinski definition) is 2. The van der Waals surface area contributed by atoms with Crippen molar-refractivity contribution in [3.8, 4) is 10.6 Å². The van der Waals surface area contributed by atoms with Crippen LogP contribution < -0.4 is 5.32 Å². The molecule has 0 saturated heterocycles. The highest BCUT2D eigenvalue weighted by Gasteiger charge is 2.16. The molecule has 3 rings (SSSR count). The number of nitrogens with one attached hydrogen (secondary N) is 1. The number of benzene rings is 1. The van der Waals surface area contributed by atoms with E-state index in [1.807, 2.05) is 29.6 Å². The van der Waals surface area contributed by atoms with Crippen LogP contribution >= 0.6 is 27.3 Å². The Hall–Kier alpha value is -1.89. The van der Waals surface area contributed by atoms with Crippen LogP contribution in [0.25, 0.3) is 10.6 Å². The molecule has 0 radical (unpaired) electrons. The topological polar surface area (TPSA) is 62.5 Å². The van der Waals surface area contributed by atoms with E-state index < -0.39 is 6.10 Å². The van der Waals surface area contributed by atoms with Gasteiger partial charge in [-0.3, -0.25) is 4.79 Å². The molecule has 0 bridgehead atoms. The van der Waals surface area contributed by atoms with Crippen molar-refractivity contribution in [1.29, 1.82) is 0 Å². The van der Waals surface area contributed by atoms with Crippen molar-refractivity contribution in [3.05, 3.63) is 69.7 Å². The zero-order chi connectivity index (χ0) is 16.2. The van der Waals surface area contributed by atoms with Gasteiger partial charge in [-0.2, -0.15) is 0 Å². The Kier molecular flexibility index (Phi) is 4.95. The first kappa shape index (κ1) is 16.0. The number of carbonyl (C=O) groups excluding carboxylic acids is 1. The van der Waals surface area contributed by atoms with Crippen molar-refractivity contribution in [2.24, 2.45) is 0 Å². The first-order valence-corrected chi connectivity index (χ1v) is 8.67. The minimum atomic E-state index is -0.893. The van der Waals surface area contributed by atoms with E-state index >= 15 is 0 Å². The molecule has 23 heavy (non-hydrogen) atoms. The highest BCUT2D eigenvalue weighted by molar-refractivity contribution is 9.10. The van der Waals surface area contributed by atoms with Gasteiger partial charge >= 0.3 is 0 Å². The Bertz CT molecular complexity index is 798. The molecule has 2 N–H and O–H groups in total. The number of thiophene rings is 1. The van der Waals surface area contributed by atoms with Crippen LogP contribution in [0.5, 0.6) is 0 Å². The van der Waals surface area contributed by atoms with E-state index in [4.69, 9.17) is 4.42 Å². The maximum atomic E-state index is 12.1. The molecule has 0 aliphatic rings. The molecule has 0 spiro atoms. The van der Waals surface area contributed by atoms with Crippen LogP contribution in [0.4, 0.5) is 0 Å². The van der Waals surface area contributed by atoms with Gasteiger partial charge in [0, 0.05) is 4.47 Å². The highest BCUT2D eigenvalue weighted by atomic mass is 79.9. The fourth-order valence-electron chi connectivity index (χ4n) is 2.11. The average molecular weight is 392 g/mol. The maximum absolute atomic E-state index is 12.1. The number of amides is 1. The predicted octanol–water partition coefficient (Wildman–Crippen LogP) is 4.23. The lowest BCUT2D eigenvalue weighted by Crippen LogP contribution is -2.28. The van der Waals surface area contributed by atoms with Crippen LogP contribution in [0.3, 0.4) is 0 Å². The van der Waals surface area contributed by atoms with Gasteiger partial charge in [-0.05, 0) is 51.6 Å². The van der Waals surface area contributed by atoms with Crippen molar-refractivity contribution in [3.63, 3.8) is 0 Å². The van der Waals surface area contributed by atoms with Gasteiger partial charge < -0.3 is 14.8 Å². The van der Waals surface area contributed by atoms with E-state index in [0.717, 1.165) is 4.88 Å². The summed E-state index contributed by atoms with van der Waals surface area (Å²) in [5.41, 5.74) is 0.526. The van der Waals surface area contributed by atoms with Crippen molar-refractivity contribution in [2.75, 3.05) is 6.54 Å². The van der Waals surface area contributed by atoms with Gasteiger partial charge in [0.2, 0.25) is 0 Å². The number of hydrogen-bond acceptors (Lipinski definition) is 4. The second-order valence-electron chi connectivity index (χ2n) is 4.88. The SMILES string of the molecule is O=C(NCC(O)c1ccc(-c2cccs2)o1)c1ccccc1Br. The smallest absolute Gasteiger partial charge is 0.252 e. The van der Waals surface area contributed by atoms with Crippen molar-refractivity contribution in [2.45, 2.75) is 6.10 Å². The standard InChI is InChI=1S/C17H14BrNO3S/c18-12-5-2-1-4-11(12)17(21)19-10-13(20)14-7-8-15(22-14)16-6-3-9-23-16/h1-9,13,20H,10H2,(H,19,21). The van der Waals surface area contributed by atoms with Crippen molar-refractivity contribution >= 4 is 33.2 Å². The van der Waals surface area contributed by atoms with Gasteiger partial charge in [-0.15, -0.1) is 11.3 Å². The normalized spacial score (nSPS) is 12.1. The van der Waals surface area contributed by atoms with Crippen LogP contribution in [-0.4, -0.2) is 17.6 Å². The minimum absolute atomic E-state index is 0.0809. The molecule has 0 fully saturated rings. The van der Waals surface area contributed by atoms with E-state index in [1.54, 1.807) is 35.6 Å². The largest absolute Gasteiger partial charge is 0.457 e. The lowest BCUT2D eigenvalue weighted by atomic mass is 10.2. The molecule has 0 aliphatic heterocycles. The Morgan fingerprint density at radius 2 is 2.04 bits per heavy atom. The number of rotatable bonds is 5. The Labute approximate surface area is 145 Å². The molecule has 0 aliphatic carbocycles. The molecular formula is C17H14BrNO3S. The van der Waals surface area contributed by atoms with Gasteiger partial charge in [0.05, 0.1) is 17.0 Å². The molecule has 6 heteroatoms. The second-order valence-corrected chi connectivity index (χ2v) is 6.69. The summed E-state index contributed by atoms with van der Waals surface area (Å²) in [5, 5.41) is 14.8. The number of furan rings is 1. The van der Waals surface area contributed by atoms with E-state index in [-0.39, 0.29) is 12.5 Å². The van der Waals surface area contributed by atoms with Crippen LogP contribution in [0.2, 0.25) is 0 Å². The van der Waals surface area contributed by atoms with Crippen molar-refractivity contribution in [1.82, 2.24) is 5.32 Å². The van der Waals surface area contributed by atoms with Crippen LogP contribution in [0.1, 0.15) is 22.2 Å². The zero-order valence-electron chi connectivity index (χ0n) is 12.0. The van der Waals surface area contributed by atoms with E-state index in [1.165, 1.54) is 0 Å². The Morgan fingerprint density at radius 3 is 2.78 bits per heavy atom. The second kappa shape index (κ2) is 7.12. The average Bonchev–Trinajstić information content (AvgIpc) is 3.23. The summed E-state index contributed by atoms with van der Waals surface area (Å²) >= 11 is 4.90. The summed E-state index contributed by atoms with van der Waals surface area (Å²) in [6.45, 7) is 0.0809. The summed E-state index contributed by atoms with van der Waals surface area (Å²) in [4.78, 5) is 13.1. The maximum Gasteiger partial charge on any atom is 0.252 e. The summed E-state index contributed by atoms with van der Waals surface area (Å²) in [5.74, 6) is 0.897. The van der Waals surface area contributed by atoms with Gasteiger partial charge in [0.25, 0.3) is 5.91 Å². The van der Waals surface area contributed by atoms with E-state index in [2.05, 4.69) is 21.2 Å². The summed E-state index contributed by atoms with van der Waals surface area (Å²) in [6, 6.07) is 14.6. The van der Waals surface area contributed by atoms with E-state index in [9.17, 15) is 9.90 Å². The molecule has 1 atom stereocenters. The number of halogens is 1. The third-order valence-electron chi connectivity index (χ3n) is 3.29. The van der Waals surface area contributed by atoms with Crippen molar-refractivity contribution < 1.29 is 14.3 Å². The van der Waals surface area contributed by atoms with Gasteiger partial charge in [-0.25, -0.2) is 0 Å². The third-order valence-corrected chi connectivity index (χ3v) is 4.87. The fraction of sp³-hybridized carbons (Fsp3) is 0.118. The minimum Gasteiger partial charge on any atom is -0.457 e. The molecule has 2 heterocycles. The molecule has 3 aromatic rings. The lowest BCUT2D eigenvalue weighted by molar-refractivity contribution is 0.0901. The summed E-state index contributed by atoms with van der Waals surface area (Å²) in [6.07, 6.45) is -0.893. The predicted molar refractivity (Wildman–Crippen MR) is 93.5 cm³/mol. The highest BCUT2D eigenvalue weighted by Crippen LogP contribution is 2.28. The zero-order valence-corrected chi connectivity index (χ0v) is 14.4. The van der Waals surface area contributed by atoms with Crippen LogP contribution in [-0.2, 0) is 0 Å². The first-order valence-electron chi connectivity index (χ1n) is 6.99. The number of aliphatic hydroxyl groups excluding tert-OH is 1. The summed E-state index contributed by atoms with van der Waals surface area (Å²) < 4.78 is 6.36. The third kappa shape index (κ3) is 3.72. The number of carbonyl (C=O) groups is 1. The van der Waals surface area contributed by atoms with Gasteiger partial charge in [0.15, 0.2) is 0 Å². The first-order chi connectivity index (χ1) is 11.1. The lowest BCUT2D eigenvalue weighted by Gasteiger charge is -2.10. The summed E-state index contributed by atoms with van der Waals surface area (Å²) in [7, 11) is 0. The quantitative estimate of drug-likeness (QED) is 0.683. The van der Waals surface area contributed by atoms with Gasteiger partial charge in [-0.1, -0.05) is 18.2 Å². The van der Waals surface area contributed by atoms with Crippen LogP contribution in [0.15, 0.2) is 62.8 Å². The molecule has 1 aromatic carbocycles. The molecular weight excluding hydrogens is 378 g/mol. The van der Waals surface area contributed by atoms with Crippen LogP contribution in [0, 0.1) is 0 Å². The molecule has 4 nitrogen and oxygen atoms in total.